The molecular formula is C18H23BrOSi. The van der Waals surface area contributed by atoms with Crippen LogP contribution in [0.25, 0.3) is 0 Å². The molecule has 2 rings (SSSR count). The first-order valence-electron chi connectivity index (χ1n) is 7.33. The molecule has 0 atom stereocenters. The van der Waals surface area contributed by atoms with Crippen LogP contribution in [0.2, 0.25) is 5.04 Å². The van der Waals surface area contributed by atoms with Gasteiger partial charge in [-0.25, -0.2) is 0 Å². The van der Waals surface area contributed by atoms with Crippen molar-refractivity contribution in [2.45, 2.75) is 25.8 Å². The van der Waals surface area contributed by atoms with Crippen molar-refractivity contribution in [1.82, 2.24) is 0 Å². The van der Waals surface area contributed by atoms with Crippen LogP contribution in [-0.4, -0.2) is 20.3 Å². The summed E-state index contributed by atoms with van der Waals surface area (Å²) in [7, 11) is -2.30. The van der Waals surface area contributed by atoms with E-state index in [0.29, 0.717) is 0 Å². The molecule has 0 amide bonds. The van der Waals surface area contributed by atoms with Gasteiger partial charge in [0.05, 0.1) is 0 Å². The Morgan fingerprint density at radius 3 is 1.62 bits per heavy atom. The van der Waals surface area contributed by atoms with Crippen molar-refractivity contribution in [3.8, 4) is 0 Å². The highest BCUT2D eigenvalue weighted by Gasteiger charge is 2.49. The zero-order valence-corrected chi connectivity index (χ0v) is 15.6. The average molecular weight is 363 g/mol. The molecule has 0 aliphatic carbocycles. The van der Waals surface area contributed by atoms with Gasteiger partial charge in [-0.15, -0.1) is 0 Å². The summed E-state index contributed by atoms with van der Waals surface area (Å²) in [5.74, 6) is 0. The third-order valence-electron chi connectivity index (χ3n) is 3.81. The molecule has 0 unspecified atom stereocenters. The van der Waals surface area contributed by atoms with Crippen molar-refractivity contribution in [3.63, 3.8) is 0 Å². The van der Waals surface area contributed by atoms with E-state index in [1.807, 2.05) is 0 Å². The molecule has 0 aromatic heterocycles. The molecule has 3 heteroatoms. The fourth-order valence-electron chi connectivity index (χ4n) is 2.95. The summed E-state index contributed by atoms with van der Waals surface area (Å²) in [5, 5.41) is 3.60. The van der Waals surface area contributed by atoms with Crippen LogP contribution in [0.5, 0.6) is 0 Å². The number of rotatable bonds is 5. The number of benzene rings is 2. The summed E-state index contributed by atoms with van der Waals surface area (Å²) < 4.78 is 6.61. The van der Waals surface area contributed by atoms with Crippen molar-refractivity contribution in [1.29, 1.82) is 0 Å². The highest BCUT2D eigenvalue weighted by atomic mass is 79.9. The van der Waals surface area contributed by atoms with Crippen molar-refractivity contribution in [2.75, 3.05) is 11.9 Å². The fourth-order valence-corrected chi connectivity index (χ4v) is 7.98. The molecule has 0 aliphatic heterocycles. The smallest absolute Gasteiger partial charge is 0.261 e. The SMILES string of the molecule is CC(C)(C)[Si](OCCBr)(c1ccccc1)c1ccccc1. The molecule has 0 saturated carbocycles. The minimum absolute atomic E-state index is 0.0673. The Kier molecular flexibility index (Phi) is 5.41. The molecule has 0 saturated heterocycles. The van der Waals surface area contributed by atoms with E-state index >= 15 is 0 Å². The Morgan fingerprint density at radius 1 is 0.857 bits per heavy atom. The lowest BCUT2D eigenvalue weighted by Gasteiger charge is -2.43. The quantitative estimate of drug-likeness (QED) is 0.577. The Bertz CT molecular complexity index is 509. The van der Waals surface area contributed by atoms with Crippen molar-refractivity contribution < 1.29 is 4.43 Å². The highest BCUT2D eigenvalue weighted by molar-refractivity contribution is 9.09. The maximum Gasteiger partial charge on any atom is 0.261 e. The van der Waals surface area contributed by atoms with E-state index < -0.39 is 8.32 Å². The molecule has 2 aromatic carbocycles. The zero-order chi connectivity index (χ0) is 15.3. The van der Waals surface area contributed by atoms with Crippen LogP contribution in [-0.2, 0) is 4.43 Å². The second-order valence-corrected chi connectivity index (χ2v) is 11.3. The van der Waals surface area contributed by atoms with Gasteiger partial charge in [0.1, 0.15) is 0 Å². The lowest BCUT2D eigenvalue weighted by atomic mass is 10.2. The first kappa shape index (κ1) is 16.5. The Balaban J connectivity index is 2.66. The molecule has 0 spiro atoms. The van der Waals surface area contributed by atoms with Crippen molar-refractivity contribution in [3.05, 3.63) is 60.7 Å². The lowest BCUT2D eigenvalue weighted by molar-refractivity contribution is 0.323. The standard InChI is InChI=1S/C18H23BrOSi/c1-18(2,3)21(20-15-14-19,16-10-6-4-7-11-16)17-12-8-5-9-13-17/h4-13H,14-15H2,1-3H3. The third kappa shape index (κ3) is 3.31. The molecule has 21 heavy (non-hydrogen) atoms. The van der Waals surface area contributed by atoms with E-state index in [2.05, 4.69) is 97.4 Å². The summed E-state index contributed by atoms with van der Waals surface area (Å²) in [6.45, 7) is 7.63. The first-order valence-corrected chi connectivity index (χ1v) is 10.4. The number of alkyl halides is 1. The molecule has 0 heterocycles. The van der Waals surface area contributed by atoms with Crippen LogP contribution >= 0.6 is 15.9 Å². The first-order chi connectivity index (χ1) is 10.0. The van der Waals surface area contributed by atoms with E-state index in [1.165, 1.54) is 10.4 Å². The second kappa shape index (κ2) is 6.90. The number of hydrogen-bond acceptors (Lipinski definition) is 1. The van der Waals surface area contributed by atoms with Gasteiger partial charge in [-0.1, -0.05) is 97.4 Å². The maximum absolute atomic E-state index is 6.61. The third-order valence-corrected chi connectivity index (χ3v) is 9.18. The van der Waals surface area contributed by atoms with E-state index in [0.717, 1.165) is 11.9 Å². The fraction of sp³-hybridized carbons (Fsp3) is 0.333. The predicted molar refractivity (Wildman–Crippen MR) is 97.4 cm³/mol. The van der Waals surface area contributed by atoms with Crippen LogP contribution < -0.4 is 10.4 Å². The molecule has 1 nitrogen and oxygen atoms in total. The van der Waals surface area contributed by atoms with Gasteiger partial charge in [0.15, 0.2) is 0 Å². The van der Waals surface area contributed by atoms with Crippen LogP contribution in [0.15, 0.2) is 60.7 Å². The topological polar surface area (TPSA) is 9.23 Å². The minimum Gasteiger partial charge on any atom is -0.407 e. The second-order valence-electron chi connectivity index (χ2n) is 6.20. The summed E-state index contributed by atoms with van der Waals surface area (Å²) >= 11 is 3.51. The van der Waals surface area contributed by atoms with Crippen LogP contribution in [0.1, 0.15) is 20.8 Å². The molecule has 0 fully saturated rings. The van der Waals surface area contributed by atoms with Crippen molar-refractivity contribution in [2.24, 2.45) is 0 Å². The van der Waals surface area contributed by atoms with E-state index in [-0.39, 0.29) is 5.04 Å². The van der Waals surface area contributed by atoms with Gasteiger partial charge in [0.2, 0.25) is 0 Å². The Hall–Kier alpha value is -0.903. The zero-order valence-electron chi connectivity index (χ0n) is 13.0. The normalized spacial score (nSPS) is 12.4. The molecular weight excluding hydrogens is 340 g/mol. The molecule has 0 aliphatic rings. The summed E-state index contributed by atoms with van der Waals surface area (Å²) in [6, 6.07) is 21.5. The highest BCUT2D eigenvalue weighted by Crippen LogP contribution is 2.36. The minimum atomic E-state index is -2.30. The monoisotopic (exact) mass is 362 g/mol. The summed E-state index contributed by atoms with van der Waals surface area (Å²) in [4.78, 5) is 0. The molecule has 0 N–H and O–H groups in total. The van der Waals surface area contributed by atoms with Gasteiger partial charge in [0.25, 0.3) is 8.32 Å². The summed E-state index contributed by atoms with van der Waals surface area (Å²) in [6.07, 6.45) is 0. The van der Waals surface area contributed by atoms with E-state index in [4.69, 9.17) is 4.43 Å². The van der Waals surface area contributed by atoms with E-state index in [9.17, 15) is 0 Å². The Morgan fingerprint density at radius 2 is 1.29 bits per heavy atom. The summed E-state index contributed by atoms with van der Waals surface area (Å²) in [5.41, 5.74) is 0. The molecule has 0 bridgehead atoms. The number of halogens is 1. The van der Waals surface area contributed by atoms with E-state index in [1.54, 1.807) is 0 Å². The molecule has 0 radical (unpaired) electrons. The largest absolute Gasteiger partial charge is 0.407 e. The van der Waals surface area contributed by atoms with Crippen LogP contribution in [0.3, 0.4) is 0 Å². The Labute approximate surface area is 137 Å². The van der Waals surface area contributed by atoms with Gasteiger partial charge in [-0.05, 0) is 15.4 Å². The molecule has 2 aromatic rings. The predicted octanol–water partition coefficient (Wildman–Crippen LogP) is 3.96. The molecule has 112 valence electrons. The van der Waals surface area contributed by atoms with Gasteiger partial charge in [-0.2, -0.15) is 0 Å². The van der Waals surface area contributed by atoms with Crippen molar-refractivity contribution >= 4 is 34.6 Å². The van der Waals surface area contributed by atoms with Gasteiger partial charge in [0, 0.05) is 11.9 Å². The maximum atomic E-state index is 6.61. The van der Waals surface area contributed by atoms with Crippen LogP contribution in [0, 0.1) is 0 Å². The lowest BCUT2D eigenvalue weighted by Crippen LogP contribution is -2.66. The van der Waals surface area contributed by atoms with Gasteiger partial charge in [-0.3, -0.25) is 0 Å². The average Bonchev–Trinajstić information content (AvgIpc) is 2.49. The number of hydrogen-bond donors (Lipinski definition) is 0. The van der Waals surface area contributed by atoms with Crippen LogP contribution in [0.4, 0.5) is 0 Å². The van der Waals surface area contributed by atoms with Gasteiger partial charge >= 0.3 is 0 Å². The van der Waals surface area contributed by atoms with Gasteiger partial charge < -0.3 is 4.43 Å².